The number of hydrogen-bond acceptors (Lipinski definition) is 3. The summed E-state index contributed by atoms with van der Waals surface area (Å²) in [6.45, 7) is 13.8. The molecule has 0 bridgehead atoms. The van der Waals surface area contributed by atoms with E-state index in [-0.39, 0.29) is 5.41 Å². The van der Waals surface area contributed by atoms with Gasteiger partial charge in [0.2, 0.25) is 0 Å². The van der Waals surface area contributed by atoms with Crippen molar-refractivity contribution in [1.29, 1.82) is 0 Å². The van der Waals surface area contributed by atoms with E-state index in [2.05, 4.69) is 96.9 Å². The molecule has 1 aromatic heterocycles. The van der Waals surface area contributed by atoms with Gasteiger partial charge in [-0.25, -0.2) is 0 Å². The molecule has 0 aliphatic carbocycles. The highest BCUT2D eigenvalue weighted by molar-refractivity contribution is 7.08. The molecule has 0 saturated carbocycles. The van der Waals surface area contributed by atoms with Gasteiger partial charge in [-0.3, -0.25) is 4.90 Å². The third-order valence-corrected chi connectivity index (χ3v) is 5.35. The zero-order valence-electron chi connectivity index (χ0n) is 18.5. The van der Waals surface area contributed by atoms with Gasteiger partial charge in [0, 0.05) is 25.0 Å². The normalized spacial score (nSPS) is 11.8. The Balaban J connectivity index is 1.62. The Labute approximate surface area is 182 Å². The van der Waals surface area contributed by atoms with Crippen LogP contribution >= 0.6 is 11.3 Å². The first kappa shape index (κ1) is 23.4. The molecule has 29 heavy (non-hydrogen) atoms. The molecule has 0 fully saturated rings. The van der Waals surface area contributed by atoms with Crippen LogP contribution in [0.4, 0.5) is 0 Å². The van der Waals surface area contributed by atoms with Crippen LogP contribution in [0.5, 0.6) is 0 Å². The van der Waals surface area contributed by atoms with Crippen molar-refractivity contribution in [2.75, 3.05) is 32.7 Å². The first-order valence-corrected chi connectivity index (χ1v) is 11.6. The highest BCUT2D eigenvalue weighted by Gasteiger charge is 2.03. The molecule has 1 aromatic carbocycles. The van der Waals surface area contributed by atoms with Gasteiger partial charge in [0.05, 0.1) is 0 Å². The minimum atomic E-state index is 0.0733. The van der Waals surface area contributed by atoms with E-state index in [4.69, 9.17) is 0 Å². The molecule has 0 saturated heterocycles. The van der Waals surface area contributed by atoms with E-state index < -0.39 is 0 Å². The Morgan fingerprint density at radius 3 is 2.72 bits per heavy atom. The molecule has 156 valence electrons. The van der Waals surface area contributed by atoms with Crippen molar-refractivity contribution in [2.24, 2.45) is 5.41 Å². The minimum Gasteiger partial charge on any atom is -0.315 e. The molecule has 0 aliphatic rings. The summed E-state index contributed by atoms with van der Waals surface area (Å²) in [5.41, 5.74) is 4.15. The van der Waals surface area contributed by atoms with Crippen LogP contribution < -0.4 is 5.32 Å². The number of benzene rings is 1. The van der Waals surface area contributed by atoms with Crippen molar-refractivity contribution in [1.82, 2.24) is 10.2 Å². The molecule has 0 atom stereocenters. The number of allylic oxidation sites excluding steroid dienone is 1. The number of aryl methyl sites for hydroxylation is 1. The molecular formula is C26H36N2S. The lowest BCUT2D eigenvalue weighted by atomic mass is 9.98. The van der Waals surface area contributed by atoms with E-state index in [0.717, 1.165) is 39.1 Å². The van der Waals surface area contributed by atoms with Gasteiger partial charge in [0.15, 0.2) is 0 Å². The molecule has 2 nitrogen and oxygen atoms in total. The maximum Gasteiger partial charge on any atom is 0.0233 e. The van der Waals surface area contributed by atoms with E-state index in [1.807, 2.05) is 6.08 Å². The van der Waals surface area contributed by atoms with Crippen LogP contribution in [0.3, 0.4) is 0 Å². The summed E-state index contributed by atoms with van der Waals surface area (Å²) in [5.74, 6) is 6.38. The molecule has 1 heterocycles. The third-order valence-electron chi connectivity index (χ3n) is 4.66. The van der Waals surface area contributed by atoms with Gasteiger partial charge in [0.1, 0.15) is 0 Å². The SMILES string of the molecule is CCN(C/C=C/C#CC(C)(C)C)CCNCCCc1cccc(-c2ccsc2)c1. The van der Waals surface area contributed by atoms with Gasteiger partial charge in [0.25, 0.3) is 0 Å². The van der Waals surface area contributed by atoms with E-state index >= 15 is 0 Å². The fraction of sp³-hybridized carbons (Fsp3) is 0.462. The second-order valence-electron chi connectivity index (χ2n) is 8.38. The first-order valence-electron chi connectivity index (χ1n) is 10.7. The Morgan fingerprint density at radius 1 is 1.14 bits per heavy atom. The maximum absolute atomic E-state index is 3.59. The van der Waals surface area contributed by atoms with Crippen LogP contribution in [0.15, 0.2) is 53.2 Å². The fourth-order valence-corrected chi connectivity index (χ4v) is 3.68. The highest BCUT2D eigenvalue weighted by Crippen LogP contribution is 2.23. The second kappa shape index (κ2) is 12.6. The Hall–Kier alpha value is -1.86. The molecule has 0 aliphatic heterocycles. The van der Waals surface area contributed by atoms with E-state index in [9.17, 15) is 0 Å². The van der Waals surface area contributed by atoms with Crippen LogP contribution in [0.2, 0.25) is 0 Å². The summed E-state index contributed by atoms with van der Waals surface area (Å²) in [6.07, 6.45) is 6.45. The Bertz CT molecular complexity index is 788. The van der Waals surface area contributed by atoms with Gasteiger partial charge in [-0.1, -0.05) is 49.1 Å². The standard InChI is InChI=1S/C26H36N2S/c1-5-28(18-8-6-7-15-26(2,3)4)19-17-27-16-10-12-23-11-9-13-24(21-23)25-14-20-29-22-25/h6,8-9,11,13-14,20-22,27H,5,10,12,16-19H2,1-4H3/b8-6+. The van der Waals surface area contributed by atoms with Crippen LogP contribution in [0.1, 0.15) is 39.7 Å². The van der Waals surface area contributed by atoms with Crippen LogP contribution in [0.25, 0.3) is 11.1 Å². The zero-order valence-corrected chi connectivity index (χ0v) is 19.3. The number of likely N-dealkylation sites (N-methyl/N-ethyl adjacent to an activating group) is 1. The molecule has 0 radical (unpaired) electrons. The summed E-state index contributed by atoms with van der Waals surface area (Å²) < 4.78 is 0. The highest BCUT2D eigenvalue weighted by atomic mass is 32.1. The van der Waals surface area contributed by atoms with E-state index in [1.54, 1.807) is 11.3 Å². The number of nitrogens with zero attached hydrogens (tertiary/aromatic N) is 1. The minimum absolute atomic E-state index is 0.0733. The van der Waals surface area contributed by atoms with Crippen molar-refractivity contribution < 1.29 is 0 Å². The Kier molecular flexibility index (Phi) is 10.2. The zero-order chi connectivity index (χ0) is 21.0. The van der Waals surface area contributed by atoms with Crippen molar-refractivity contribution in [2.45, 2.75) is 40.5 Å². The monoisotopic (exact) mass is 408 g/mol. The van der Waals surface area contributed by atoms with Gasteiger partial charge >= 0.3 is 0 Å². The second-order valence-corrected chi connectivity index (χ2v) is 9.16. The summed E-state index contributed by atoms with van der Waals surface area (Å²) in [4.78, 5) is 2.44. The lowest BCUT2D eigenvalue weighted by Gasteiger charge is -2.18. The molecule has 2 aromatic rings. The Morgan fingerprint density at radius 2 is 2.00 bits per heavy atom. The summed E-state index contributed by atoms with van der Waals surface area (Å²) in [5, 5.41) is 7.95. The largest absolute Gasteiger partial charge is 0.315 e. The molecular weight excluding hydrogens is 372 g/mol. The fourth-order valence-electron chi connectivity index (χ4n) is 3.01. The quantitative estimate of drug-likeness (QED) is 0.370. The molecule has 1 N–H and O–H groups in total. The number of thiophene rings is 1. The molecule has 0 amide bonds. The van der Waals surface area contributed by atoms with Crippen LogP contribution in [0, 0.1) is 17.3 Å². The maximum atomic E-state index is 3.59. The average molecular weight is 409 g/mol. The molecule has 0 unspecified atom stereocenters. The van der Waals surface area contributed by atoms with Crippen LogP contribution in [-0.2, 0) is 6.42 Å². The lowest BCUT2D eigenvalue weighted by molar-refractivity contribution is 0.317. The van der Waals surface area contributed by atoms with Crippen molar-refractivity contribution >= 4 is 11.3 Å². The third kappa shape index (κ3) is 9.94. The van der Waals surface area contributed by atoms with Gasteiger partial charge in [-0.05, 0) is 86.3 Å². The molecule has 2 rings (SSSR count). The van der Waals surface area contributed by atoms with Crippen molar-refractivity contribution in [3.63, 3.8) is 0 Å². The number of nitrogens with one attached hydrogen (secondary N) is 1. The predicted octanol–water partition coefficient (Wildman–Crippen LogP) is 5.86. The predicted molar refractivity (Wildman–Crippen MR) is 129 cm³/mol. The van der Waals surface area contributed by atoms with Crippen molar-refractivity contribution in [3.05, 3.63) is 58.8 Å². The molecule has 3 heteroatoms. The average Bonchev–Trinajstić information content (AvgIpc) is 3.23. The number of hydrogen-bond donors (Lipinski definition) is 1. The van der Waals surface area contributed by atoms with E-state index in [1.165, 1.54) is 23.1 Å². The topological polar surface area (TPSA) is 15.3 Å². The summed E-state index contributed by atoms with van der Waals surface area (Å²) in [7, 11) is 0. The summed E-state index contributed by atoms with van der Waals surface area (Å²) in [6, 6.07) is 11.1. The number of rotatable bonds is 11. The van der Waals surface area contributed by atoms with Crippen LogP contribution in [-0.4, -0.2) is 37.6 Å². The van der Waals surface area contributed by atoms with Crippen molar-refractivity contribution in [3.8, 4) is 23.0 Å². The first-order chi connectivity index (χ1) is 14.0. The lowest BCUT2D eigenvalue weighted by Crippen LogP contribution is -2.32. The smallest absolute Gasteiger partial charge is 0.0233 e. The molecule has 0 spiro atoms. The van der Waals surface area contributed by atoms with Gasteiger partial charge in [-0.15, -0.1) is 0 Å². The van der Waals surface area contributed by atoms with E-state index in [0.29, 0.717) is 0 Å². The summed E-state index contributed by atoms with van der Waals surface area (Å²) >= 11 is 1.75. The van der Waals surface area contributed by atoms with Gasteiger partial charge in [-0.2, -0.15) is 11.3 Å². The van der Waals surface area contributed by atoms with Gasteiger partial charge < -0.3 is 5.32 Å².